The third-order valence-electron chi connectivity index (χ3n) is 4.10. The lowest BCUT2D eigenvalue weighted by Gasteiger charge is -2.37. The van der Waals surface area contributed by atoms with Crippen LogP contribution >= 0.6 is 0 Å². The van der Waals surface area contributed by atoms with Gasteiger partial charge in [-0.2, -0.15) is 4.31 Å². The lowest BCUT2D eigenvalue weighted by molar-refractivity contribution is -0.137. The zero-order chi connectivity index (χ0) is 14.2. The monoisotopic (exact) mass is 288 g/mol. The molecule has 3 atom stereocenters. The number of likely N-dealkylation sites (tertiary alicyclic amines) is 1. The van der Waals surface area contributed by atoms with Gasteiger partial charge in [-0.05, 0) is 31.1 Å². The Kier molecular flexibility index (Phi) is 4.20. The van der Waals surface area contributed by atoms with Crippen LogP contribution in [-0.2, 0) is 14.8 Å². The van der Waals surface area contributed by atoms with Crippen LogP contribution in [0.15, 0.2) is 0 Å². The van der Waals surface area contributed by atoms with E-state index in [-0.39, 0.29) is 5.91 Å². The Bertz CT molecular complexity index is 439. The number of amides is 1. The molecule has 2 fully saturated rings. The van der Waals surface area contributed by atoms with Gasteiger partial charge in [-0.25, -0.2) is 8.42 Å². The van der Waals surface area contributed by atoms with Crippen molar-refractivity contribution in [2.45, 2.75) is 39.2 Å². The van der Waals surface area contributed by atoms with Crippen molar-refractivity contribution in [1.82, 2.24) is 9.21 Å². The van der Waals surface area contributed by atoms with Gasteiger partial charge >= 0.3 is 0 Å². The van der Waals surface area contributed by atoms with Crippen molar-refractivity contribution < 1.29 is 13.2 Å². The summed E-state index contributed by atoms with van der Waals surface area (Å²) in [5.41, 5.74) is 0. The van der Waals surface area contributed by atoms with Crippen LogP contribution in [0.25, 0.3) is 0 Å². The van der Waals surface area contributed by atoms with Gasteiger partial charge in [0.05, 0.1) is 6.26 Å². The Morgan fingerprint density at radius 3 is 2.26 bits per heavy atom. The molecule has 0 aliphatic carbocycles. The molecule has 0 aromatic rings. The first-order valence-corrected chi connectivity index (χ1v) is 8.89. The Hall–Kier alpha value is -0.620. The minimum Gasteiger partial charge on any atom is -0.341 e. The molecular formula is C13H24N2O3S. The normalized spacial score (nSPS) is 33.6. The van der Waals surface area contributed by atoms with E-state index >= 15 is 0 Å². The third kappa shape index (κ3) is 3.28. The molecule has 0 spiro atoms. The predicted molar refractivity (Wildman–Crippen MR) is 74.1 cm³/mol. The van der Waals surface area contributed by atoms with Gasteiger partial charge in [-0.15, -0.1) is 0 Å². The second-order valence-electron chi connectivity index (χ2n) is 6.22. The molecule has 0 radical (unpaired) electrons. The minimum atomic E-state index is -3.28. The molecule has 5 nitrogen and oxygen atoms in total. The average molecular weight is 288 g/mol. The van der Waals surface area contributed by atoms with Crippen molar-refractivity contribution in [2.75, 3.05) is 25.9 Å². The molecular weight excluding hydrogens is 264 g/mol. The summed E-state index contributed by atoms with van der Waals surface area (Å²) in [6, 6.07) is -0.465. The second-order valence-corrected chi connectivity index (χ2v) is 8.16. The van der Waals surface area contributed by atoms with E-state index in [0.29, 0.717) is 24.8 Å². The van der Waals surface area contributed by atoms with Crippen molar-refractivity contribution in [2.24, 2.45) is 11.8 Å². The van der Waals surface area contributed by atoms with E-state index in [2.05, 4.69) is 13.8 Å². The molecule has 0 aromatic heterocycles. The van der Waals surface area contributed by atoms with Crippen LogP contribution in [0.5, 0.6) is 0 Å². The number of nitrogens with zero attached hydrogens (tertiary/aromatic N) is 2. The van der Waals surface area contributed by atoms with E-state index in [1.54, 1.807) is 0 Å². The van der Waals surface area contributed by atoms with Gasteiger partial charge in [0.1, 0.15) is 6.04 Å². The molecule has 19 heavy (non-hydrogen) atoms. The van der Waals surface area contributed by atoms with Crippen molar-refractivity contribution in [3.8, 4) is 0 Å². The highest BCUT2D eigenvalue weighted by atomic mass is 32.2. The maximum Gasteiger partial charge on any atom is 0.241 e. The highest BCUT2D eigenvalue weighted by Crippen LogP contribution is 2.26. The molecule has 3 unspecified atom stereocenters. The predicted octanol–water partition coefficient (Wildman–Crippen LogP) is 0.915. The molecule has 110 valence electrons. The summed E-state index contributed by atoms with van der Waals surface area (Å²) in [5, 5.41) is 0. The van der Waals surface area contributed by atoms with Crippen LogP contribution in [0.1, 0.15) is 33.1 Å². The lowest BCUT2D eigenvalue weighted by atomic mass is 9.91. The Morgan fingerprint density at radius 1 is 1.16 bits per heavy atom. The smallest absolute Gasteiger partial charge is 0.241 e. The third-order valence-corrected chi connectivity index (χ3v) is 5.38. The largest absolute Gasteiger partial charge is 0.341 e. The van der Waals surface area contributed by atoms with Gasteiger partial charge in [0.15, 0.2) is 0 Å². The van der Waals surface area contributed by atoms with E-state index in [0.717, 1.165) is 25.9 Å². The quantitative estimate of drug-likeness (QED) is 0.759. The van der Waals surface area contributed by atoms with Crippen LogP contribution in [0.2, 0.25) is 0 Å². The molecule has 2 heterocycles. The molecule has 0 saturated carbocycles. The van der Waals surface area contributed by atoms with Gasteiger partial charge in [-0.1, -0.05) is 13.8 Å². The molecule has 0 N–H and O–H groups in total. The number of hydrogen-bond donors (Lipinski definition) is 0. The number of sulfonamides is 1. The summed E-state index contributed by atoms with van der Waals surface area (Å²) < 4.78 is 24.8. The van der Waals surface area contributed by atoms with Gasteiger partial charge in [0.25, 0.3) is 0 Å². The fourth-order valence-electron chi connectivity index (χ4n) is 3.44. The molecule has 1 amide bonds. The molecule has 6 heteroatoms. The topological polar surface area (TPSA) is 57.7 Å². The summed E-state index contributed by atoms with van der Waals surface area (Å²) in [4.78, 5) is 14.4. The summed E-state index contributed by atoms with van der Waals surface area (Å²) >= 11 is 0. The number of carbonyl (C=O) groups excluding carboxylic acids is 1. The van der Waals surface area contributed by atoms with Gasteiger partial charge in [-0.3, -0.25) is 4.79 Å². The van der Waals surface area contributed by atoms with Gasteiger partial charge < -0.3 is 4.90 Å². The number of rotatable bonds is 2. The van der Waals surface area contributed by atoms with E-state index in [1.165, 1.54) is 10.6 Å². The number of piperidine rings is 1. The van der Waals surface area contributed by atoms with E-state index < -0.39 is 16.1 Å². The fraction of sp³-hybridized carbons (Fsp3) is 0.923. The van der Waals surface area contributed by atoms with Crippen LogP contribution in [0.3, 0.4) is 0 Å². The van der Waals surface area contributed by atoms with Crippen LogP contribution < -0.4 is 0 Å². The number of hydrogen-bond acceptors (Lipinski definition) is 3. The maximum absolute atomic E-state index is 12.6. The molecule has 2 aliphatic rings. The fourth-order valence-corrected chi connectivity index (χ4v) is 4.56. The van der Waals surface area contributed by atoms with Gasteiger partial charge in [0, 0.05) is 19.6 Å². The molecule has 2 saturated heterocycles. The molecule has 2 rings (SSSR count). The van der Waals surface area contributed by atoms with E-state index in [9.17, 15) is 13.2 Å². The highest BCUT2D eigenvalue weighted by molar-refractivity contribution is 7.88. The van der Waals surface area contributed by atoms with E-state index in [1.807, 2.05) is 4.90 Å². The average Bonchev–Trinajstić information content (AvgIpc) is 2.74. The van der Waals surface area contributed by atoms with E-state index in [4.69, 9.17) is 0 Å². The first-order chi connectivity index (χ1) is 8.79. The summed E-state index contributed by atoms with van der Waals surface area (Å²) in [6.45, 7) is 6.31. The summed E-state index contributed by atoms with van der Waals surface area (Å²) in [5.74, 6) is 1.00. The summed E-state index contributed by atoms with van der Waals surface area (Å²) in [7, 11) is -3.28. The Balaban J connectivity index is 2.10. The molecule has 2 aliphatic heterocycles. The van der Waals surface area contributed by atoms with Crippen molar-refractivity contribution in [3.05, 3.63) is 0 Å². The first kappa shape index (κ1) is 14.8. The zero-order valence-corrected chi connectivity index (χ0v) is 12.8. The Morgan fingerprint density at radius 2 is 1.74 bits per heavy atom. The standard InChI is InChI=1S/C13H24N2O3S/c1-10-7-11(2)9-14(8-10)13(16)12-5-4-6-15(12)19(3,17)18/h10-12H,4-9H2,1-3H3. The van der Waals surface area contributed by atoms with Crippen molar-refractivity contribution in [1.29, 1.82) is 0 Å². The first-order valence-electron chi connectivity index (χ1n) is 7.04. The SMILES string of the molecule is CC1CC(C)CN(C(=O)C2CCCN2S(C)(=O)=O)C1. The van der Waals surface area contributed by atoms with Crippen LogP contribution in [0, 0.1) is 11.8 Å². The van der Waals surface area contributed by atoms with Crippen molar-refractivity contribution in [3.63, 3.8) is 0 Å². The van der Waals surface area contributed by atoms with Crippen LogP contribution in [0.4, 0.5) is 0 Å². The number of carbonyl (C=O) groups is 1. The summed E-state index contributed by atoms with van der Waals surface area (Å²) in [6.07, 6.45) is 3.78. The zero-order valence-electron chi connectivity index (χ0n) is 12.0. The molecule has 0 bridgehead atoms. The second kappa shape index (κ2) is 5.40. The maximum atomic E-state index is 12.6. The van der Waals surface area contributed by atoms with Crippen LogP contribution in [-0.4, -0.2) is 55.5 Å². The van der Waals surface area contributed by atoms with Crippen molar-refractivity contribution >= 4 is 15.9 Å². The molecule has 0 aromatic carbocycles. The Labute approximate surface area is 116 Å². The van der Waals surface area contributed by atoms with Gasteiger partial charge in [0.2, 0.25) is 15.9 Å². The lowest BCUT2D eigenvalue weighted by Crippen LogP contribution is -2.51. The minimum absolute atomic E-state index is 0.00123. The highest BCUT2D eigenvalue weighted by Gasteiger charge is 2.39.